The van der Waals surface area contributed by atoms with Gasteiger partial charge in [-0.1, -0.05) is 23.7 Å². The van der Waals surface area contributed by atoms with Crippen LogP contribution in [0.4, 0.5) is 5.69 Å². The Morgan fingerprint density at radius 3 is 2.59 bits per heavy atom. The number of hydrogen-bond acceptors (Lipinski definition) is 4. The van der Waals surface area contributed by atoms with E-state index in [-0.39, 0.29) is 0 Å². The summed E-state index contributed by atoms with van der Waals surface area (Å²) in [4.78, 5) is 40.2. The standard InChI is InChI=1S/C21H20ClN3O4/c22-15-3-1-13(2-4-15)11-14-7-9-25(10-8-14)20(27)19(26)23-16-5-6-17-18(12-16)29-21(28)24-17/h1-6,12,14H,7-11H2,(H,23,26)(H,24,28). The van der Waals surface area contributed by atoms with Crippen molar-refractivity contribution in [2.45, 2.75) is 19.3 Å². The van der Waals surface area contributed by atoms with Gasteiger partial charge in [-0.05, 0) is 55.0 Å². The number of halogens is 1. The van der Waals surface area contributed by atoms with E-state index in [1.807, 2.05) is 24.3 Å². The second-order valence-electron chi connectivity index (χ2n) is 7.25. The van der Waals surface area contributed by atoms with Gasteiger partial charge in [-0.25, -0.2) is 4.79 Å². The topological polar surface area (TPSA) is 95.4 Å². The SMILES string of the molecule is O=C(Nc1ccc2[nH]c(=O)oc2c1)C(=O)N1CCC(Cc2ccc(Cl)cc2)CC1. The van der Waals surface area contributed by atoms with Crippen molar-refractivity contribution >= 4 is 40.2 Å². The molecular weight excluding hydrogens is 394 g/mol. The molecule has 0 bridgehead atoms. The van der Waals surface area contributed by atoms with Crippen LogP contribution in [0.1, 0.15) is 18.4 Å². The van der Waals surface area contributed by atoms with E-state index < -0.39 is 17.6 Å². The number of fused-ring (bicyclic) bond motifs is 1. The fraction of sp³-hybridized carbons (Fsp3) is 0.286. The van der Waals surface area contributed by atoms with Crippen LogP contribution in [0.5, 0.6) is 0 Å². The van der Waals surface area contributed by atoms with Gasteiger partial charge in [-0.2, -0.15) is 0 Å². The fourth-order valence-electron chi connectivity index (χ4n) is 3.65. The number of aromatic nitrogens is 1. The van der Waals surface area contributed by atoms with Crippen LogP contribution in [-0.2, 0) is 16.0 Å². The van der Waals surface area contributed by atoms with Gasteiger partial charge in [0.05, 0.1) is 5.52 Å². The number of nitrogens with one attached hydrogen (secondary N) is 2. The van der Waals surface area contributed by atoms with Crippen molar-refractivity contribution in [2.75, 3.05) is 18.4 Å². The van der Waals surface area contributed by atoms with Crippen LogP contribution in [0.15, 0.2) is 51.7 Å². The maximum Gasteiger partial charge on any atom is 0.417 e. The molecule has 3 aromatic rings. The lowest BCUT2D eigenvalue weighted by atomic mass is 9.90. The molecule has 7 nitrogen and oxygen atoms in total. The van der Waals surface area contributed by atoms with E-state index in [9.17, 15) is 14.4 Å². The molecule has 1 fully saturated rings. The number of nitrogens with zero attached hydrogens (tertiary/aromatic N) is 1. The molecule has 0 spiro atoms. The van der Waals surface area contributed by atoms with Crippen LogP contribution >= 0.6 is 11.6 Å². The number of aromatic amines is 1. The first-order valence-electron chi connectivity index (χ1n) is 9.45. The summed E-state index contributed by atoms with van der Waals surface area (Å²) in [7, 11) is 0. The summed E-state index contributed by atoms with van der Waals surface area (Å²) in [5.41, 5.74) is 2.48. The molecule has 29 heavy (non-hydrogen) atoms. The predicted octanol–water partition coefficient (Wildman–Crippen LogP) is 3.19. The second-order valence-corrected chi connectivity index (χ2v) is 7.68. The van der Waals surface area contributed by atoms with E-state index >= 15 is 0 Å². The molecule has 1 aromatic heterocycles. The molecule has 2 heterocycles. The molecule has 1 aliphatic heterocycles. The lowest BCUT2D eigenvalue weighted by molar-refractivity contribution is -0.144. The Labute approximate surface area is 171 Å². The number of anilines is 1. The Kier molecular flexibility index (Phi) is 5.40. The van der Waals surface area contributed by atoms with Crippen molar-refractivity contribution in [3.63, 3.8) is 0 Å². The first kappa shape index (κ1) is 19.3. The van der Waals surface area contributed by atoms with Gasteiger partial charge in [-0.3, -0.25) is 14.6 Å². The molecular formula is C21H20ClN3O4. The van der Waals surface area contributed by atoms with E-state index in [4.69, 9.17) is 16.0 Å². The maximum absolute atomic E-state index is 12.5. The highest BCUT2D eigenvalue weighted by atomic mass is 35.5. The van der Waals surface area contributed by atoms with E-state index in [2.05, 4.69) is 10.3 Å². The highest BCUT2D eigenvalue weighted by Gasteiger charge is 2.27. The van der Waals surface area contributed by atoms with E-state index in [1.54, 1.807) is 17.0 Å². The maximum atomic E-state index is 12.5. The third-order valence-electron chi connectivity index (χ3n) is 5.21. The van der Waals surface area contributed by atoms with Gasteiger partial charge in [0, 0.05) is 29.9 Å². The molecule has 8 heteroatoms. The molecule has 2 amide bonds. The number of likely N-dealkylation sites (tertiary alicyclic amines) is 1. The van der Waals surface area contributed by atoms with Gasteiger partial charge in [-0.15, -0.1) is 0 Å². The number of carbonyl (C=O) groups excluding carboxylic acids is 2. The second kappa shape index (κ2) is 8.13. The number of amides is 2. The fourth-order valence-corrected chi connectivity index (χ4v) is 3.77. The Balaban J connectivity index is 1.31. The molecule has 0 atom stereocenters. The van der Waals surface area contributed by atoms with Crippen molar-refractivity contribution < 1.29 is 14.0 Å². The van der Waals surface area contributed by atoms with Crippen molar-refractivity contribution in [2.24, 2.45) is 5.92 Å². The number of hydrogen-bond donors (Lipinski definition) is 2. The number of H-pyrrole nitrogens is 1. The van der Waals surface area contributed by atoms with Gasteiger partial charge >= 0.3 is 17.6 Å². The minimum absolute atomic E-state index is 0.322. The van der Waals surface area contributed by atoms with E-state index in [1.165, 1.54) is 11.6 Å². The lowest BCUT2D eigenvalue weighted by Gasteiger charge is -2.31. The summed E-state index contributed by atoms with van der Waals surface area (Å²) in [6, 6.07) is 12.6. The first-order valence-corrected chi connectivity index (χ1v) is 9.83. The van der Waals surface area contributed by atoms with E-state index in [0.29, 0.717) is 35.8 Å². The Bertz CT molecular complexity index is 1100. The van der Waals surface area contributed by atoms with Crippen molar-refractivity contribution in [1.82, 2.24) is 9.88 Å². The summed E-state index contributed by atoms with van der Waals surface area (Å²) < 4.78 is 4.97. The van der Waals surface area contributed by atoms with Crippen molar-refractivity contribution in [1.29, 1.82) is 0 Å². The minimum atomic E-state index is -0.696. The van der Waals surface area contributed by atoms with Crippen LogP contribution in [-0.4, -0.2) is 34.8 Å². The number of oxazole rings is 1. The molecule has 1 aliphatic rings. The summed E-state index contributed by atoms with van der Waals surface area (Å²) in [6.07, 6.45) is 2.64. The summed E-state index contributed by atoms with van der Waals surface area (Å²) in [5, 5.41) is 3.30. The normalized spacial score (nSPS) is 14.9. The number of carbonyl (C=O) groups is 2. The summed E-state index contributed by atoms with van der Waals surface area (Å²) >= 11 is 5.92. The number of benzene rings is 2. The van der Waals surface area contributed by atoms with Crippen LogP contribution < -0.4 is 11.1 Å². The van der Waals surface area contributed by atoms with Crippen molar-refractivity contribution in [3.8, 4) is 0 Å². The quantitative estimate of drug-likeness (QED) is 0.644. The van der Waals surface area contributed by atoms with Gasteiger partial charge in [0.2, 0.25) is 0 Å². The van der Waals surface area contributed by atoms with Gasteiger partial charge in [0.15, 0.2) is 5.58 Å². The van der Waals surface area contributed by atoms with Crippen LogP contribution in [0, 0.1) is 5.92 Å². The van der Waals surface area contributed by atoms with Crippen LogP contribution in [0.3, 0.4) is 0 Å². The van der Waals surface area contributed by atoms with Crippen LogP contribution in [0.2, 0.25) is 5.02 Å². The monoisotopic (exact) mass is 413 g/mol. The largest absolute Gasteiger partial charge is 0.417 e. The zero-order chi connectivity index (χ0) is 20.4. The molecule has 2 aromatic carbocycles. The Hall–Kier alpha value is -3.06. The Morgan fingerprint density at radius 2 is 1.86 bits per heavy atom. The minimum Gasteiger partial charge on any atom is -0.408 e. The third-order valence-corrected chi connectivity index (χ3v) is 5.46. The average Bonchev–Trinajstić information content (AvgIpc) is 3.09. The molecule has 150 valence electrons. The smallest absolute Gasteiger partial charge is 0.408 e. The molecule has 0 radical (unpaired) electrons. The molecule has 0 aliphatic carbocycles. The molecule has 0 saturated carbocycles. The zero-order valence-electron chi connectivity index (χ0n) is 15.6. The number of rotatable bonds is 3. The molecule has 2 N–H and O–H groups in total. The Morgan fingerprint density at radius 1 is 1.14 bits per heavy atom. The zero-order valence-corrected chi connectivity index (χ0v) is 16.4. The average molecular weight is 414 g/mol. The molecule has 0 unspecified atom stereocenters. The van der Waals surface area contributed by atoms with Gasteiger partial charge < -0.3 is 14.6 Å². The summed E-state index contributed by atoms with van der Waals surface area (Å²) in [5.74, 6) is -1.34. The number of piperidine rings is 1. The molecule has 1 saturated heterocycles. The van der Waals surface area contributed by atoms with Crippen LogP contribution in [0.25, 0.3) is 11.1 Å². The predicted molar refractivity (Wildman–Crippen MR) is 110 cm³/mol. The highest BCUT2D eigenvalue weighted by Crippen LogP contribution is 2.23. The van der Waals surface area contributed by atoms with Gasteiger partial charge in [0.25, 0.3) is 0 Å². The highest BCUT2D eigenvalue weighted by molar-refractivity contribution is 6.39. The van der Waals surface area contributed by atoms with Gasteiger partial charge in [0.1, 0.15) is 0 Å². The third kappa shape index (κ3) is 4.51. The lowest BCUT2D eigenvalue weighted by Crippen LogP contribution is -2.44. The van der Waals surface area contributed by atoms with E-state index in [0.717, 1.165) is 24.3 Å². The summed E-state index contributed by atoms with van der Waals surface area (Å²) in [6.45, 7) is 1.10. The first-order chi connectivity index (χ1) is 14.0. The van der Waals surface area contributed by atoms with Crippen molar-refractivity contribution in [3.05, 3.63) is 63.6 Å². The molecule has 4 rings (SSSR count).